The summed E-state index contributed by atoms with van der Waals surface area (Å²) in [6.07, 6.45) is 2.23. The third-order valence-electron chi connectivity index (χ3n) is 3.95. The molecule has 1 aliphatic heterocycles. The number of carboxylic acids is 1. The van der Waals surface area contributed by atoms with Crippen LogP contribution in [0.2, 0.25) is 0 Å². The molecule has 1 aromatic carbocycles. The number of benzene rings is 1. The third kappa shape index (κ3) is 2.78. The summed E-state index contributed by atoms with van der Waals surface area (Å²) in [4.78, 5) is 29.6. The van der Waals surface area contributed by atoms with E-state index in [1.54, 1.807) is 31.6 Å². The van der Waals surface area contributed by atoms with Gasteiger partial charge in [0.2, 0.25) is 0 Å². The summed E-state index contributed by atoms with van der Waals surface area (Å²) < 4.78 is 1.50. The highest BCUT2D eigenvalue weighted by molar-refractivity contribution is 5.87. The van der Waals surface area contributed by atoms with Crippen LogP contribution in [0.4, 0.5) is 0 Å². The molecule has 0 saturated carbocycles. The van der Waals surface area contributed by atoms with E-state index in [1.807, 2.05) is 6.07 Å². The number of hydrogen-bond acceptors (Lipinski definition) is 4. The molecule has 0 bridgehead atoms. The van der Waals surface area contributed by atoms with Crippen LogP contribution in [0.25, 0.3) is 0 Å². The molecular weight excluding hydrogens is 282 g/mol. The van der Waals surface area contributed by atoms with Crippen molar-refractivity contribution in [3.05, 3.63) is 63.3 Å². The van der Waals surface area contributed by atoms with Gasteiger partial charge in [-0.05, 0) is 24.1 Å². The van der Waals surface area contributed by atoms with Crippen molar-refractivity contribution in [3.63, 3.8) is 0 Å². The Balaban J connectivity index is 1.78. The van der Waals surface area contributed by atoms with Gasteiger partial charge in [-0.1, -0.05) is 12.1 Å². The molecule has 0 spiro atoms. The highest BCUT2D eigenvalue weighted by Crippen LogP contribution is 2.16. The van der Waals surface area contributed by atoms with Crippen molar-refractivity contribution in [3.8, 4) is 0 Å². The molecule has 1 aliphatic rings. The number of carbonyl (C=O) groups is 1. The second kappa shape index (κ2) is 5.73. The Labute approximate surface area is 127 Å². The van der Waals surface area contributed by atoms with Crippen LogP contribution >= 0.6 is 0 Å². The lowest BCUT2D eigenvalue weighted by molar-refractivity contribution is 0.0696. The van der Waals surface area contributed by atoms with Crippen LogP contribution in [0, 0.1) is 0 Å². The third-order valence-corrected chi connectivity index (χ3v) is 3.95. The van der Waals surface area contributed by atoms with Gasteiger partial charge in [0.1, 0.15) is 0 Å². The molecule has 1 aromatic heterocycles. The fraction of sp³-hybridized carbons (Fsp3) is 0.312. The summed E-state index contributed by atoms with van der Waals surface area (Å²) in [7, 11) is 1.71. The minimum atomic E-state index is -0.920. The first-order valence-corrected chi connectivity index (χ1v) is 7.12. The summed E-state index contributed by atoms with van der Waals surface area (Å²) in [5.74, 6) is -0.920. The minimum Gasteiger partial charge on any atom is -0.478 e. The second-order valence-electron chi connectivity index (χ2n) is 5.55. The number of aromatic carboxylic acids is 1. The van der Waals surface area contributed by atoms with E-state index in [4.69, 9.17) is 5.11 Å². The molecule has 2 aromatic rings. The van der Waals surface area contributed by atoms with Gasteiger partial charge in [0.05, 0.1) is 17.6 Å². The fourth-order valence-corrected chi connectivity index (χ4v) is 2.77. The smallest absolute Gasteiger partial charge is 0.335 e. The number of fused-ring (bicyclic) bond motifs is 1. The largest absolute Gasteiger partial charge is 0.478 e. The van der Waals surface area contributed by atoms with E-state index in [1.165, 1.54) is 4.57 Å². The van der Waals surface area contributed by atoms with Crippen molar-refractivity contribution in [1.29, 1.82) is 0 Å². The van der Waals surface area contributed by atoms with Gasteiger partial charge in [-0.3, -0.25) is 9.69 Å². The van der Waals surface area contributed by atoms with E-state index in [9.17, 15) is 9.59 Å². The van der Waals surface area contributed by atoms with Gasteiger partial charge in [0.25, 0.3) is 5.56 Å². The zero-order chi connectivity index (χ0) is 15.7. The molecule has 0 unspecified atom stereocenters. The van der Waals surface area contributed by atoms with Gasteiger partial charge >= 0.3 is 5.97 Å². The normalized spacial score (nSPS) is 14.6. The molecule has 6 nitrogen and oxygen atoms in total. The Morgan fingerprint density at radius 3 is 3.00 bits per heavy atom. The van der Waals surface area contributed by atoms with Gasteiger partial charge < -0.3 is 9.67 Å². The van der Waals surface area contributed by atoms with Crippen molar-refractivity contribution in [1.82, 2.24) is 14.5 Å². The van der Waals surface area contributed by atoms with E-state index < -0.39 is 5.97 Å². The predicted octanol–water partition coefficient (Wildman–Crippen LogP) is 1.04. The SMILES string of the molecule is Cn1cnc2c(c1=O)CCN(Cc1cccc(C(=O)O)c1)C2. The Hall–Kier alpha value is -2.47. The monoisotopic (exact) mass is 299 g/mol. The molecule has 2 heterocycles. The second-order valence-corrected chi connectivity index (χ2v) is 5.55. The fourth-order valence-electron chi connectivity index (χ4n) is 2.77. The molecule has 3 rings (SSSR count). The van der Waals surface area contributed by atoms with Gasteiger partial charge in [-0.15, -0.1) is 0 Å². The number of carboxylic acid groups (broad SMARTS) is 1. The molecule has 0 fully saturated rings. The lowest BCUT2D eigenvalue weighted by Gasteiger charge is -2.27. The molecule has 22 heavy (non-hydrogen) atoms. The lowest BCUT2D eigenvalue weighted by atomic mass is 10.0. The number of aryl methyl sites for hydroxylation is 1. The Kier molecular flexibility index (Phi) is 3.77. The minimum absolute atomic E-state index is 0.0255. The van der Waals surface area contributed by atoms with Gasteiger partial charge in [0, 0.05) is 32.2 Å². The van der Waals surface area contributed by atoms with Crippen LogP contribution in [0.15, 0.2) is 35.4 Å². The van der Waals surface area contributed by atoms with Crippen molar-refractivity contribution < 1.29 is 9.90 Å². The molecule has 0 amide bonds. The van der Waals surface area contributed by atoms with E-state index in [0.717, 1.165) is 23.4 Å². The first-order valence-electron chi connectivity index (χ1n) is 7.12. The van der Waals surface area contributed by atoms with Gasteiger partial charge in [0.15, 0.2) is 0 Å². The number of aromatic nitrogens is 2. The van der Waals surface area contributed by atoms with Gasteiger partial charge in [-0.2, -0.15) is 0 Å². The van der Waals surface area contributed by atoms with Crippen molar-refractivity contribution >= 4 is 5.97 Å². The van der Waals surface area contributed by atoms with Crippen LogP contribution in [-0.2, 0) is 26.6 Å². The number of hydrogen-bond donors (Lipinski definition) is 1. The van der Waals surface area contributed by atoms with Crippen LogP contribution in [0.1, 0.15) is 27.2 Å². The average molecular weight is 299 g/mol. The van der Waals surface area contributed by atoms with Crippen LogP contribution < -0.4 is 5.56 Å². The summed E-state index contributed by atoms with van der Waals surface area (Å²) in [6.45, 7) is 2.03. The molecule has 1 N–H and O–H groups in total. The number of nitrogens with zero attached hydrogens (tertiary/aromatic N) is 3. The van der Waals surface area contributed by atoms with Crippen LogP contribution in [0.3, 0.4) is 0 Å². The molecule has 0 aliphatic carbocycles. The Bertz CT molecular complexity index is 782. The van der Waals surface area contributed by atoms with Gasteiger partial charge in [-0.25, -0.2) is 9.78 Å². The maximum Gasteiger partial charge on any atom is 0.335 e. The summed E-state index contributed by atoms with van der Waals surface area (Å²) >= 11 is 0. The molecule has 0 atom stereocenters. The molecule has 6 heteroatoms. The maximum atomic E-state index is 12.0. The molecule has 114 valence electrons. The lowest BCUT2D eigenvalue weighted by Crippen LogP contribution is -2.36. The van der Waals surface area contributed by atoms with E-state index >= 15 is 0 Å². The van der Waals surface area contributed by atoms with Crippen LogP contribution in [-0.4, -0.2) is 32.1 Å². The van der Waals surface area contributed by atoms with Crippen molar-refractivity contribution in [2.45, 2.75) is 19.5 Å². The standard InChI is InChI=1S/C16H17N3O3/c1-18-10-17-14-9-19(6-5-13(14)15(18)20)8-11-3-2-4-12(7-11)16(21)22/h2-4,7,10H,5-6,8-9H2,1H3,(H,21,22). The highest BCUT2D eigenvalue weighted by Gasteiger charge is 2.20. The zero-order valence-corrected chi connectivity index (χ0v) is 12.3. The van der Waals surface area contributed by atoms with E-state index in [-0.39, 0.29) is 5.56 Å². The summed E-state index contributed by atoms with van der Waals surface area (Å²) in [5.41, 5.74) is 2.89. The topological polar surface area (TPSA) is 75.4 Å². The predicted molar refractivity (Wildman–Crippen MR) is 80.7 cm³/mol. The summed E-state index contributed by atoms with van der Waals surface area (Å²) in [5, 5.41) is 9.04. The molecule has 0 saturated heterocycles. The molecule has 0 radical (unpaired) electrons. The average Bonchev–Trinajstić information content (AvgIpc) is 2.51. The van der Waals surface area contributed by atoms with Crippen molar-refractivity contribution in [2.24, 2.45) is 7.05 Å². The van der Waals surface area contributed by atoms with E-state index in [0.29, 0.717) is 25.1 Å². The Morgan fingerprint density at radius 1 is 1.41 bits per heavy atom. The number of rotatable bonds is 3. The first kappa shape index (κ1) is 14.5. The first-order chi connectivity index (χ1) is 10.5. The quantitative estimate of drug-likeness (QED) is 0.916. The maximum absolute atomic E-state index is 12.0. The van der Waals surface area contributed by atoms with E-state index in [2.05, 4.69) is 9.88 Å². The van der Waals surface area contributed by atoms with Crippen molar-refractivity contribution in [2.75, 3.05) is 6.54 Å². The Morgan fingerprint density at radius 2 is 2.23 bits per heavy atom. The molecular formula is C16H17N3O3. The zero-order valence-electron chi connectivity index (χ0n) is 12.3. The highest BCUT2D eigenvalue weighted by atomic mass is 16.4. The summed E-state index contributed by atoms with van der Waals surface area (Å²) in [6, 6.07) is 6.95. The van der Waals surface area contributed by atoms with Crippen LogP contribution in [0.5, 0.6) is 0 Å².